The van der Waals surface area contributed by atoms with E-state index in [0.29, 0.717) is 0 Å². The fraction of sp³-hybridized carbons (Fsp3) is 0.500. The number of carbonyl (C=O) groups is 2. The summed E-state index contributed by atoms with van der Waals surface area (Å²) < 4.78 is 24.5. The summed E-state index contributed by atoms with van der Waals surface area (Å²) >= 11 is 0. The van der Waals surface area contributed by atoms with Gasteiger partial charge in [-0.3, -0.25) is 0 Å². The molecule has 0 saturated carbocycles. The van der Waals surface area contributed by atoms with Crippen LogP contribution in [0.15, 0.2) is 23.8 Å². The van der Waals surface area contributed by atoms with Crippen molar-refractivity contribution in [3.63, 3.8) is 0 Å². The highest BCUT2D eigenvalue weighted by Gasteiger charge is 2.05. The molecule has 0 radical (unpaired) electrons. The van der Waals surface area contributed by atoms with Gasteiger partial charge in [0, 0.05) is 17.6 Å². The minimum absolute atomic E-state index is 0.0138. The van der Waals surface area contributed by atoms with Crippen LogP contribution in [0.5, 0.6) is 0 Å². The molecule has 2 atom stereocenters. The van der Waals surface area contributed by atoms with Crippen LogP contribution in [0.3, 0.4) is 0 Å². The zero-order chi connectivity index (χ0) is 17.7. The molecule has 0 saturated heterocycles. The van der Waals surface area contributed by atoms with E-state index in [9.17, 15) is 28.5 Å². The number of rotatable bonds is 8. The first-order chi connectivity index (χ1) is 10.1. The molecule has 0 aliphatic heterocycles. The van der Waals surface area contributed by atoms with Gasteiger partial charge in [0.05, 0.1) is 0 Å². The van der Waals surface area contributed by atoms with E-state index in [1.807, 2.05) is 0 Å². The summed E-state index contributed by atoms with van der Waals surface area (Å²) in [6.45, 7) is 6.16. The Morgan fingerprint density at radius 1 is 1.18 bits per heavy atom. The molecule has 2 unspecified atom stereocenters. The molecule has 8 nitrogen and oxygen atoms in total. The number of hydrogen-bond acceptors (Lipinski definition) is 7. The fourth-order valence-corrected chi connectivity index (χ4v) is 1.39. The summed E-state index contributed by atoms with van der Waals surface area (Å²) in [5.74, 6) is -1.56. The minimum Gasteiger partial charge on any atom is -0.596 e. The molecule has 22 heavy (non-hydrogen) atoms. The van der Waals surface area contributed by atoms with Gasteiger partial charge in [-0.25, -0.2) is 9.59 Å². The Morgan fingerprint density at radius 2 is 1.68 bits per heavy atom. The summed E-state index contributed by atoms with van der Waals surface area (Å²) in [5.41, 5.74) is 0.452. The van der Waals surface area contributed by atoms with Gasteiger partial charge in [-0.2, -0.15) is 0 Å². The van der Waals surface area contributed by atoms with Crippen molar-refractivity contribution in [1.82, 2.24) is 0 Å². The predicted octanol–water partition coefficient (Wildman–Crippen LogP) is 0.718. The van der Waals surface area contributed by atoms with Crippen molar-refractivity contribution >= 4 is 28.0 Å². The summed E-state index contributed by atoms with van der Waals surface area (Å²) in [5, 5.41) is 8.33. The molecule has 0 spiro atoms. The van der Waals surface area contributed by atoms with E-state index in [-0.39, 0.29) is 36.5 Å². The van der Waals surface area contributed by atoms with Crippen molar-refractivity contribution in [3.8, 4) is 0 Å². The molecule has 0 aromatic carbocycles. The first kappa shape index (κ1) is 22.8. The zero-order valence-electron chi connectivity index (χ0n) is 12.3. The van der Waals surface area contributed by atoms with Gasteiger partial charge in [-0.1, -0.05) is 21.8 Å². The lowest BCUT2D eigenvalue weighted by Gasteiger charge is -1.98. The van der Waals surface area contributed by atoms with Gasteiger partial charge in [0.15, 0.2) is 6.16 Å². The van der Waals surface area contributed by atoms with Gasteiger partial charge in [0.2, 0.25) is 0 Å². The normalized spacial score (nSPS) is 11.7. The molecule has 0 aromatic heterocycles. The topological polar surface area (TPSA) is 144 Å². The third kappa shape index (κ3) is 16.6. The molecule has 0 fully saturated rings. The highest BCUT2D eigenvalue weighted by atomic mass is 31.1. The van der Waals surface area contributed by atoms with Crippen LogP contribution in [0.1, 0.15) is 20.3 Å². The van der Waals surface area contributed by atoms with Crippen LogP contribution in [0.2, 0.25) is 0 Å². The van der Waals surface area contributed by atoms with E-state index in [1.54, 1.807) is 0 Å². The van der Waals surface area contributed by atoms with Crippen LogP contribution in [0, 0.1) is 0 Å². The highest BCUT2D eigenvalue weighted by Crippen LogP contribution is 2.09. The molecular formula is C12H18O8P2. The Hall–Kier alpha value is -1.46. The quantitative estimate of drug-likeness (QED) is 0.382. The smallest absolute Gasteiger partial charge is 0.333 e. The fourth-order valence-electron chi connectivity index (χ4n) is 0.810. The Balaban J connectivity index is 0. The average Bonchev–Trinajstić information content (AvgIpc) is 2.38. The second-order valence-electron chi connectivity index (χ2n) is 4.01. The molecule has 0 aliphatic carbocycles. The number of carboxylic acids is 1. The number of carboxylic acid groups (broad SMARTS) is 1. The third-order valence-electron chi connectivity index (χ3n) is 1.96. The lowest BCUT2D eigenvalue weighted by atomic mass is 10.2. The molecule has 0 aliphatic rings. The molecule has 0 aromatic rings. The minimum atomic E-state index is -2.46. The van der Waals surface area contributed by atoms with Crippen LogP contribution in [-0.4, -0.2) is 36.0 Å². The van der Waals surface area contributed by atoms with E-state index >= 15 is 0 Å². The Kier molecular flexibility index (Phi) is 13.7. The van der Waals surface area contributed by atoms with E-state index in [0.717, 1.165) is 0 Å². The van der Waals surface area contributed by atoms with Crippen LogP contribution in [0.25, 0.3) is 0 Å². The van der Waals surface area contributed by atoms with Crippen molar-refractivity contribution in [2.75, 3.05) is 18.9 Å². The van der Waals surface area contributed by atoms with Crippen LogP contribution in [-0.2, 0) is 23.5 Å². The second-order valence-corrected chi connectivity index (χ2v) is 6.24. The maximum atomic E-state index is 10.6. The van der Waals surface area contributed by atoms with Crippen molar-refractivity contribution < 1.29 is 38.3 Å². The summed E-state index contributed by atoms with van der Waals surface area (Å²) in [4.78, 5) is 40.7. The predicted molar refractivity (Wildman–Crippen MR) is 76.7 cm³/mol. The summed E-state index contributed by atoms with van der Waals surface area (Å²) in [7, 11) is -4.85. The lowest BCUT2D eigenvalue weighted by molar-refractivity contribution is -0.165. The van der Waals surface area contributed by atoms with Gasteiger partial charge in [0.25, 0.3) is 0 Å². The van der Waals surface area contributed by atoms with Gasteiger partial charge in [-0.15, -0.1) is 0 Å². The lowest BCUT2D eigenvalue weighted by Crippen LogP contribution is -2.09. The van der Waals surface area contributed by atoms with E-state index in [1.165, 1.54) is 19.9 Å². The van der Waals surface area contributed by atoms with Crippen molar-refractivity contribution in [3.05, 3.63) is 23.8 Å². The number of allylic oxidation sites excluding steroid dienone is 1. The molecule has 10 heteroatoms. The highest BCUT2D eigenvalue weighted by molar-refractivity contribution is 7.36. The number of carbonyl (C=O) groups excluding carboxylic acids is 1. The van der Waals surface area contributed by atoms with E-state index in [2.05, 4.69) is 11.3 Å². The average molecular weight is 352 g/mol. The van der Waals surface area contributed by atoms with Crippen molar-refractivity contribution in [1.29, 1.82) is 0 Å². The SMILES string of the molecule is C=C(C)C(=O)OCC[P+](=O)[O-].CC(=CCC[P+](=O)[O-])C(=O)O. The molecule has 1 N–H and O–H groups in total. The second kappa shape index (κ2) is 13.2. The Labute approximate surface area is 130 Å². The van der Waals surface area contributed by atoms with Crippen molar-refractivity contribution in [2.24, 2.45) is 0 Å². The number of hydrogen-bond donors (Lipinski definition) is 1. The molecule has 0 heterocycles. The first-order valence-corrected chi connectivity index (χ1v) is 8.76. The molecule has 124 valence electrons. The van der Waals surface area contributed by atoms with Gasteiger partial charge >= 0.3 is 28.0 Å². The monoisotopic (exact) mass is 352 g/mol. The number of ether oxygens (including phenoxy) is 1. The zero-order valence-corrected chi connectivity index (χ0v) is 14.1. The van der Waals surface area contributed by atoms with E-state index < -0.39 is 28.0 Å². The number of aliphatic carboxylic acids is 1. The molecule has 0 bridgehead atoms. The summed E-state index contributed by atoms with van der Waals surface area (Å²) in [6, 6.07) is 0. The molecular weight excluding hydrogens is 334 g/mol. The van der Waals surface area contributed by atoms with Gasteiger partial charge in [0.1, 0.15) is 12.8 Å². The van der Waals surface area contributed by atoms with Crippen LogP contribution >= 0.6 is 16.1 Å². The standard InChI is InChI=1S/2C6H9O4P/c1-5(2)6(7)10-3-4-11(8)9;1-5(6(7)8)3-2-4-11(9)10/h1,3-4H2,2H3;3H,2,4H2,1H3,(H,7,8). The van der Waals surface area contributed by atoms with Crippen LogP contribution in [0.4, 0.5) is 0 Å². The molecule has 0 amide bonds. The van der Waals surface area contributed by atoms with Gasteiger partial charge in [-0.05, 0) is 13.8 Å². The Morgan fingerprint density at radius 3 is 2.05 bits per heavy atom. The Bertz CT molecular complexity index is 470. The van der Waals surface area contributed by atoms with E-state index in [4.69, 9.17) is 5.11 Å². The number of esters is 1. The maximum Gasteiger partial charge on any atom is 0.333 e. The largest absolute Gasteiger partial charge is 0.596 e. The summed E-state index contributed by atoms with van der Waals surface area (Å²) in [6.07, 6.45) is 1.55. The maximum absolute atomic E-state index is 10.6. The molecule has 0 rings (SSSR count). The van der Waals surface area contributed by atoms with Crippen molar-refractivity contribution in [2.45, 2.75) is 20.3 Å². The third-order valence-corrected chi connectivity index (χ3v) is 3.13. The van der Waals surface area contributed by atoms with Gasteiger partial charge < -0.3 is 19.6 Å². The first-order valence-electron chi connectivity index (χ1n) is 6.04. The van der Waals surface area contributed by atoms with Crippen LogP contribution < -0.4 is 9.79 Å².